The van der Waals surface area contributed by atoms with Gasteiger partial charge in [-0.2, -0.15) is 0 Å². The fraction of sp³-hybridized carbons (Fsp3) is 0.385. The molecular weight excluding hydrogens is 432 g/mol. The second-order valence-corrected chi connectivity index (χ2v) is 8.04. The SMILES string of the molecule is C/C(=N/OCC(=O)NCCCCNC(=O)CO/N=C(/C)c1ccc(C)cc1)c1ccc(C)cc1. The summed E-state index contributed by atoms with van der Waals surface area (Å²) in [7, 11) is 0. The van der Waals surface area contributed by atoms with Crippen LogP contribution in [-0.4, -0.2) is 49.5 Å². The van der Waals surface area contributed by atoms with Gasteiger partial charge < -0.3 is 20.3 Å². The number of benzene rings is 2. The predicted molar refractivity (Wildman–Crippen MR) is 134 cm³/mol. The van der Waals surface area contributed by atoms with E-state index in [1.54, 1.807) is 0 Å². The number of amides is 2. The van der Waals surface area contributed by atoms with Gasteiger partial charge in [-0.3, -0.25) is 9.59 Å². The van der Waals surface area contributed by atoms with E-state index in [1.807, 2.05) is 76.2 Å². The van der Waals surface area contributed by atoms with Crippen molar-refractivity contribution in [2.75, 3.05) is 26.3 Å². The van der Waals surface area contributed by atoms with Gasteiger partial charge in [-0.05, 0) is 51.7 Å². The molecule has 2 amide bonds. The Kier molecular flexibility index (Phi) is 11.3. The second-order valence-electron chi connectivity index (χ2n) is 8.04. The van der Waals surface area contributed by atoms with Gasteiger partial charge in [0.15, 0.2) is 13.2 Å². The quantitative estimate of drug-likeness (QED) is 0.268. The number of oxime groups is 2. The summed E-state index contributed by atoms with van der Waals surface area (Å²) in [6, 6.07) is 15.8. The Morgan fingerprint density at radius 2 is 1.03 bits per heavy atom. The van der Waals surface area contributed by atoms with E-state index in [2.05, 4.69) is 20.9 Å². The molecule has 0 bridgehead atoms. The Morgan fingerprint density at radius 3 is 1.38 bits per heavy atom. The molecule has 2 aromatic rings. The summed E-state index contributed by atoms with van der Waals surface area (Å²) in [4.78, 5) is 33.9. The predicted octanol–water partition coefficient (Wildman–Crippen LogP) is 3.50. The van der Waals surface area contributed by atoms with Gasteiger partial charge in [0.25, 0.3) is 11.8 Å². The number of nitrogens with one attached hydrogen (secondary N) is 2. The van der Waals surface area contributed by atoms with E-state index in [9.17, 15) is 9.59 Å². The van der Waals surface area contributed by atoms with Gasteiger partial charge in [-0.25, -0.2) is 0 Å². The van der Waals surface area contributed by atoms with Crippen LogP contribution < -0.4 is 10.6 Å². The van der Waals surface area contributed by atoms with Crippen LogP contribution in [0.5, 0.6) is 0 Å². The van der Waals surface area contributed by atoms with Crippen LogP contribution in [0, 0.1) is 13.8 Å². The van der Waals surface area contributed by atoms with Crippen molar-refractivity contribution in [3.8, 4) is 0 Å². The summed E-state index contributed by atoms with van der Waals surface area (Å²) in [5.41, 5.74) is 5.66. The lowest BCUT2D eigenvalue weighted by molar-refractivity contribution is -0.126. The standard InChI is InChI=1S/C26H34N4O4/c1-19-7-11-23(12-8-19)21(3)29-33-17-25(31)27-15-5-6-16-28-26(32)18-34-30-22(4)24-13-9-20(2)10-14-24/h7-14H,5-6,15-18H2,1-4H3,(H,27,31)(H,28,32)/b29-21-,30-22-. The van der Waals surface area contributed by atoms with Gasteiger partial charge in [0.2, 0.25) is 0 Å². The van der Waals surface area contributed by atoms with E-state index in [1.165, 1.54) is 11.1 Å². The van der Waals surface area contributed by atoms with Crippen molar-refractivity contribution >= 4 is 23.2 Å². The molecule has 0 radical (unpaired) electrons. The average molecular weight is 467 g/mol. The number of aryl methyl sites for hydroxylation is 2. The van der Waals surface area contributed by atoms with Crippen LogP contribution in [-0.2, 0) is 19.3 Å². The zero-order chi connectivity index (χ0) is 24.8. The maximum atomic E-state index is 11.8. The summed E-state index contributed by atoms with van der Waals surface area (Å²) in [6.07, 6.45) is 1.45. The van der Waals surface area contributed by atoms with Crippen LogP contribution in [0.25, 0.3) is 0 Å². The van der Waals surface area contributed by atoms with Crippen LogP contribution in [0.15, 0.2) is 58.8 Å². The average Bonchev–Trinajstić information content (AvgIpc) is 2.82. The second kappa shape index (κ2) is 14.5. The molecule has 2 rings (SSSR count). The molecule has 8 heteroatoms. The minimum atomic E-state index is -0.236. The normalized spacial score (nSPS) is 11.6. The van der Waals surface area contributed by atoms with Crippen molar-refractivity contribution in [2.24, 2.45) is 10.3 Å². The third kappa shape index (κ3) is 10.3. The monoisotopic (exact) mass is 466 g/mol. The number of carbonyl (C=O) groups is 2. The first-order valence-corrected chi connectivity index (χ1v) is 11.4. The van der Waals surface area contributed by atoms with Crippen LogP contribution in [0.4, 0.5) is 0 Å². The van der Waals surface area contributed by atoms with Crippen LogP contribution >= 0.6 is 0 Å². The summed E-state index contributed by atoms with van der Waals surface area (Å²) in [5.74, 6) is -0.473. The molecule has 0 heterocycles. The molecule has 0 fully saturated rings. The van der Waals surface area contributed by atoms with E-state index < -0.39 is 0 Å². The highest BCUT2D eigenvalue weighted by Crippen LogP contribution is 2.06. The van der Waals surface area contributed by atoms with E-state index in [0.29, 0.717) is 24.5 Å². The largest absolute Gasteiger partial charge is 0.385 e. The first-order chi connectivity index (χ1) is 16.3. The Bertz CT molecular complexity index is 901. The van der Waals surface area contributed by atoms with Gasteiger partial charge in [-0.15, -0.1) is 0 Å². The zero-order valence-corrected chi connectivity index (χ0v) is 20.4. The van der Waals surface area contributed by atoms with Crippen molar-refractivity contribution in [1.82, 2.24) is 10.6 Å². The molecule has 0 aliphatic rings. The molecule has 34 heavy (non-hydrogen) atoms. The van der Waals surface area contributed by atoms with Crippen LogP contribution in [0.2, 0.25) is 0 Å². The zero-order valence-electron chi connectivity index (χ0n) is 20.4. The summed E-state index contributed by atoms with van der Waals surface area (Å²) in [6.45, 7) is 8.41. The molecule has 0 aromatic heterocycles. The van der Waals surface area contributed by atoms with Crippen molar-refractivity contribution in [3.05, 3.63) is 70.8 Å². The Morgan fingerprint density at radius 1 is 0.676 bits per heavy atom. The van der Waals surface area contributed by atoms with Crippen molar-refractivity contribution in [3.63, 3.8) is 0 Å². The van der Waals surface area contributed by atoms with Gasteiger partial charge in [0.05, 0.1) is 11.4 Å². The number of unbranched alkanes of at least 4 members (excludes halogenated alkanes) is 1. The fourth-order valence-electron chi connectivity index (χ4n) is 2.88. The van der Waals surface area contributed by atoms with Gasteiger partial charge in [0, 0.05) is 13.1 Å². The third-order valence-electron chi connectivity index (χ3n) is 4.98. The van der Waals surface area contributed by atoms with Gasteiger partial charge in [-0.1, -0.05) is 70.0 Å². The lowest BCUT2D eigenvalue weighted by atomic mass is 10.1. The molecule has 0 unspecified atom stereocenters. The Hall–Kier alpha value is -3.68. The minimum absolute atomic E-state index is 0.139. The molecule has 8 nitrogen and oxygen atoms in total. The lowest BCUT2D eigenvalue weighted by Crippen LogP contribution is -2.30. The van der Waals surface area contributed by atoms with E-state index in [4.69, 9.17) is 9.68 Å². The maximum Gasteiger partial charge on any atom is 0.260 e. The summed E-state index contributed by atoms with van der Waals surface area (Å²) in [5, 5.41) is 13.5. The molecule has 0 atom stereocenters. The smallest absolute Gasteiger partial charge is 0.260 e. The highest BCUT2D eigenvalue weighted by Gasteiger charge is 2.04. The number of hydrogen-bond acceptors (Lipinski definition) is 6. The first kappa shape index (κ1) is 26.6. The number of nitrogens with zero attached hydrogens (tertiary/aromatic N) is 2. The molecule has 0 aliphatic heterocycles. The van der Waals surface area contributed by atoms with Crippen LogP contribution in [0.3, 0.4) is 0 Å². The highest BCUT2D eigenvalue weighted by atomic mass is 16.6. The first-order valence-electron chi connectivity index (χ1n) is 11.4. The third-order valence-corrected chi connectivity index (χ3v) is 4.98. The molecule has 2 N–H and O–H groups in total. The van der Waals surface area contributed by atoms with Crippen molar-refractivity contribution in [1.29, 1.82) is 0 Å². The van der Waals surface area contributed by atoms with E-state index in [-0.39, 0.29) is 25.0 Å². The van der Waals surface area contributed by atoms with E-state index in [0.717, 1.165) is 24.0 Å². The van der Waals surface area contributed by atoms with Crippen LogP contribution in [0.1, 0.15) is 48.9 Å². The van der Waals surface area contributed by atoms with Gasteiger partial charge in [0.1, 0.15) is 0 Å². The molecular formula is C26H34N4O4. The minimum Gasteiger partial charge on any atom is -0.385 e. The van der Waals surface area contributed by atoms with Gasteiger partial charge >= 0.3 is 0 Å². The number of rotatable bonds is 13. The lowest BCUT2D eigenvalue weighted by Gasteiger charge is -2.07. The van der Waals surface area contributed by atoms with E-state index >= 15 is 0 Å². The Balaban J connectivity index is 1.51. The Labute approximate surface area is 201 Å². The molecule has 0 saturated carbocycles. The molecule has 2 aromatic carbocycles. The van der Waals surface area contributed by atoms with Crippen molar-refractivity contribution in [2.45, 2.75) is 40.5 Å². The molecule has 0 spiro atoms. The summed E-state index contributed by atoms with van der Waals surface area (Å²) < 4.78 is 0. The summed E-state index contributed by atoms with van der Waals surface area (Å²) >= 11 is 0. The maximum absolute atomic E-state index is 11.8. The number of carbonyl (C=O) groups excluding carboxylic acids is 2. The topological polar surface area (TPSA) is 101 Å². The number of hydrogen-bond donors (Lipinski definition) is 2. The highest BCUT2D eigenvalue weighted by molar-refractivity contribution is 5.98. The fourth-order valence-corrected chi connectivity index (χ4v) is 2.88. The molecule has 182 valence electrons. The molecule has 0 aliphatic carbocycles. The van der Waals surface area contributed by atoms with Crippen molar-refractivity contribution < 1.29 is 19.3 Å². The molecule has 0 saturated heterocycles.